The minimum Gasteiger partial charge on any atom is -0.481 e. The predicted molar refractivity (Wildman–Crippen MR) is 60.2 cm³/mol. The summed E-state index contributed by atoms with van der Waals surface area (Å²) in [5, 5.41) is 18.5. The maximum atomic E-state index is 12.2. The number of amides is 1. The van der Waals surface area contributed by atoms with Crippen molar-refractivity contribution in [3.8, 4) is 0 Å². The van der Waals surface area contributed by atoms with E-state index in [2.05, 4.69) is 0 Å². The molecule has 4 atom stereocenters. The van der Waals surface area contributed by atoms with E-state index in [9.17, 15) is 14.7 Å². The number of carbonyl (C=O) groups excluding carboxylic acids is 1. The van der Waals surface area contributed by atoms with Crippen LogP contribution in [0.2, 0.25) is 0 Å². The van der Waals surface area contributed by atoms with Crippen LogP contribution in [0.4, 0.5) is 0 Å². The monoisotopic (exact) mass is 241 g/mol. The minimum atomic E-state index is -0.868. The zero-order valence-corrected chi connectivity index (χ0v) is 10.0. The molecule has 1 heterocycles. The van der Waals surface area contributed by atoms with Crippen molar-refractivity contribution < 1.29 is 19.8 Å². The SMILES string of the molecule is CC1C[C@H](C(=O)N2CC[C@@H](O)C2)[C@H](C(=O)O)C1. The molecular formula is C12H19NO4. The molecule has 0 radical (unpaired) electrons. The summed E-state index contributed by atoms with van der Waals surface area (Å²) in [7, 11) is 0. The summed E-state index contributed by atoms with van der Waals surface area (Å²) in [5.41, 5.74) is 0. The molecule has 1 amide bonds. The van der Waals surface area contributed by atoms with Crippen molar-refractivity contribution in [2.45, 2.75) is 32.3 Å². The molecule has 2 rings (SSSR count). The zero-order valence-electron chi connectivity index (χ0n) is 10.0. The van der Waals surface area contributed by atoms with Crippen molar-refractivity contribution in [1.29, 1.82) is 0 Å². The number of aliphatic hydroxyl groups excluding tert-OH is 1. The fourth-order valence-corrected chi connectivity index (χ4v) is 3.01. The van der Waals surface area contributed by atoms with Gasteiger partial charge in [-0.25, -0.2) is 0 Å². The average molecular weight is 241 g/mol. The van der Waals surface area contributed by atoms with E-state index in [4.69, 9.17) is 5.11 Å². The van der Waals surface area contributed by atoms with Crippen molar-refractivity contribution in [1.82, 2.24) is 4.90 Å². The second-order valence-corrected chi connectivity index (χ2v) is 5.35. The van der Waals surface area contributed by atoms with E-state index in [0.717, 1.165) is 0 Å². The van der Waals surface area contributed by atoms with Crippen LogP contribution in [0.25, 0.3) is 0 Å². The molecule has 0 bridgehead atoms. The maximum absolute atomic E-state index is 12.2. The first-order valence-corrected chi connectivity index (χ1v) is 6.18. The third-order valence-corrected chi connectivity index (χ3v) is 3.91. The molecule has 1 saturated carbocycles. The van der Waals surface area contributed by atoms with E-state index in [1.165, 1.54) is 0 Å². The molecule has 17 heavy (non-hydrogen) atoms. The molecule has 5 nitrogen and oxygen atoms in total. The molecule has 2 N–H and O–H groups in total. The number of hydrogen-bond donors (Lipinski definition) is 2. The number of β-amino-alcohol motifs (C(OH)–C–C–N with tert-alkyl or cyclic N) is 1. The molecule has 5 heteroatoms. The van der Waals surface area contributed by atoms with E-state index in [0.29, 0.717) is 32.4 Å². The van der Waals surface area contributed by atoms with Crippen LogP contribution >= 0.6 is 0 Å². The lowest BCUT2D eigenvalue weighted by molar-refractivity contribution is -0.148. The Morgan fingerprint density at radius 2 is 1.88 bits per heavy atom. The Balaban J connectivity index is 2.05. The van der Waals surface area contributed by atoms with Gasteiger partial charge in [0.15, 0.2) is 0 Å². The van der Waals surface area contributed by atoms with Gasteiger partial charge in [-0.15, -0.1) is 0 Å². The summed E-state index contributed by atoms with van der Waals surface area (Å²) in [5.74, 6) is -1.61. The summed E-state index contributed by atoms with van der Waals surface area (Å²) < 4.78 is 0. The first kappa shape index (κ1) is 12.4. The highest BCUT2D eigenvalue weighted by Crippen LogP contribution is 2.38. The Labute approximate surface area is 100 Å². The number of likely N-dealkylation sites (tertiary alicyclic amines) is 1. The van der Waals surface area contributed by atoms with Gasteiger partial charge >= 0.3 is 5.97 Å². The number of hydrogen-bond acceptors (Lipinski definition) is 3. The second kappa shape index (κ2) is 4.64. The van der Waals surface area contributed by atoms with Crippen LogP contribution in [-0.4, -0.2) is 46.2 Å². The van der Waals surface area contributed by atoms with Crippen molar-refractivity contribution >= 4 is 11.9 Å². The van der Waals surface area contributed by atoms with Crippen LogP contribution < -0.4 is 0 Å². The summed E-state index contributed by atoms with van der Waals surface area (Å²) in [4.78, 5) is 24.9. The Hall–Kier alpha value is -1.10. The first-order valence-electron chi connectivity index (χ1n) is 6.18. The van der Waals surface area contributed by atoms with Crippen molar-refractivity contribution in [2.24, 2.45) is 17.8 Å². The number of nitrogens with zero attached hydrogens (tertiary/aromatic N) is 1. The zero-order chi connectivity index (χ0) is 12.6. The van der Waals surface area contributed by atoms with Gasteiger partial charge in [0.2, 0.25) is 5.91 Å². The topological polar surface area (TPSA) is 77.8 Å². The molecule has 1 aliphatic carbocycles. The number of carbonyl (C=O) groups is 2. The maximum Gasteiger partial charge on any atom is 0.307 e. The van der Waals surface area contributed by atoms with Gasteiger partial charge in [-0.1, -0.05) is 6.92 Å². The summed E-state index contributed by atoms with van der Waals surface area (Å²) >= 11 is 0. The standard InChI is InChI=1S/C12H19NO4/c1-7-4-9(10(5-7)12(16)17)11(15)13-3-2-8(14)6-13/h7-10,14H,2-6H2,1H3,(H,16,17)/t7?,8-,9+,10-/m1/s1. The summed E-state index contributed by atoms with van der Waals surface area (Å²) in [6, 6.07) is 0. The molecule has 1 saturated heterocycles. The quantitative estimate of drug-likeness (QED) is 0.730. The molecule has 0 aromatic rings. The fraction of sp³-hybridized carbons (Fsp3) is 0.833. The first-order chi connectivity index (χ1) is 7.99. The molecule has 2 fully saturated rings. The lowest BCUT2D eigenvalue weighted by Gasteiger charge is -2.22. The van der Waals surface area contributed by atoms with E-state index < -0.39 is 23.9 Å². The third kappa shape index (κ3) is 2.44. The Kier molecular flexibility index (Phi) is 3.38. The number of aliphatic carboxylic acids is 1. The third-order valence-electron chi connectivity index (χ3n) is 3.91. The van der Waals surface area contributed by atoms with Crippen LogP contribution in [0, 0.1) is 17.8 Å². The highest BCUT2D eigenvalue weighted by molar-refractivity contribution is 5.85. The Morgan fingerprint density at radius 1 is 1.24 bits per heavy atom. The molecule has 96 valence electrons. The van der Waals surface area contributed by atoms with Crippen molar-refractivity contribution in [3.63, 3.8) is 0 Å². The van der Waals surface area contributed by atoms with Gasteiger partial charge in [0.05, 0.1) is 17.9 Å². The normalized spacial score (nSPS) is 37.4. The van der Waals surface area contributed by atoms with E-state index in [-0.39, 0.29) is 11.8 Å². The summed E-state index contributed by atoms with van der Waals surface area (Å²) in [6.45, 7) is 2.90. The average Bonchev–Trinajstić information content (AvgIpc) is 2.83. The van der Waals surface area contributed by atoms with Gasteiger partial charge in [-0.2, -0.15) is 0 Å². The molecule has 1 unspecified atom stereocenters. The van der Waals surface area contributed by atoms with Gasteiger partial charge in [-0.3, -0.25) is 9.59 Å². The van der Waals surface area contributed by atoms with Gasteiger partial charge in [0.25, 0.3) is 0 Å². The Morgan fingerprint density at radius 3 is 2.41 bits per heavy atom. The van der Waals surface area contributed by atoms with Gasteiger partial charge in [0, 0.05) is 13.1 Å². The number of rotatable bonds is 2. The molecule has 1 aliphatic heterocycles. The number of carboxylic acid groups (broad SMARTS) is 1. The molecule has 2 aliphatic rings. The van der Waals surface area contributed by atoms with Gasteiger partial charge in [-0.05, 0) is 25.2 Å². The largest absolute Gasteiger partial charge is 0.481 e. The van der Waals surface area contributed by atoms with Crippen LogP contribution in [0.3, 0.4) is 0 Å². The highest BCUT2D eigenvalue weighted by Gasteiger charge is 2.43. The van der Waals surface area contributed by atoms with Gasteiger partial charge < -0.3 is 15.1 Å². The molecule has 0 aromatic carbocycles. The Bertz CT molecular complexity index is 330. The van der Waals surface area contributed by atoms with Crippen LogP contribution in [0.5, 0.6) is 0 Å². The fourth-order valence-electron chi connectivity index (χ4n) is 3.01. The van der Waals surface area contributed by atoms with Crippen molar-refractivity contribution in [3.05, 3.63) is 0 Å². The number of carboxylic acids is 1. The summed E-state index contributed by atoms with van der Waals surface area (Å²) in [6.07, 6.45) is 1.40. The van der Waals surface area contributed by atoms with E-state index >= 15 is 0 Å². The lowest BCUT2D eigenvalue weighted by Crippen LogP contribution is -2.38. The number of aliphatic hydroxyl groups is 1. The molecule has 0 spiro atoms. The van der Waals surface area contributed by atoms with Crippen LogP contribution in [0.15, 0.2) is 0 Å². The smallest absolute Gasteiger partial charge is 0.307 e. The predicted octanol–water partition coefficient (Wildman–Crippen LogP) is 0.326. The van der Waals surface area contributed by atoms with Crippen molar-refractivity contribution in [2.75, 3.05) is 13.1 Å². The minimum absolute atomic E-state index is 0.0849. The molecular weight excluding hydrogens is 222 g/mol. The second-order valence-electron chi connectivity index (χ2n) is 5.35. The van der Waals surface area contributed by atoms with E-state index in [1.807, 2.05) is 6.92 Å². The van der Waals surface area contributed by atoms with E-state index in [1.54, 1.807) is 4.90 Å². The van der Waals surface area contributed by atoms with Crippen LogP contribution in [-0.2, 0) is 9.59 Å². The molecule has 0 aromatic heterocycles. The lowest BCUT2D eigenvalue weighted by atomic mass is 9.95. The van der Waals surface area contributed by atoms with Crippen LogP contribution in [0.1, 0.15) is 26.2 Å². The van der Waals surface area contributed by atoms with Gasteiger partial charge in [0.1, 0.15) is 0 Å². The highest BCUT2D eigenvalue weighted by atomic mass is 16.4.